The number of carbonyl (C=O) groups is 3. The van der Waals surface area contributed by atoms with Crippen molar-refractivity contribution in [2.45, 2.75) is 51.3 Å². The molecule has 2 rings (SSSR count). The molecule has 2 aromatic carbocycles. The van der Waals surface area contributed by atoms with Crippen molar-refractivity contribution in [3.63, 3.8) is 0 Å². The third kappa shape index (κ3) is 10.4. The minimum Gasteiger partial charge on any atom is -0.480 e. The van der Waals surface area contributed by atoms with Crippen molar-refractivity contribution >= 4 is 18.0 Å². The number of nitrogens with one attached hydrogen (secondary N) is 1. The number of benzene rings is 2. The summed E-state index contributed by atoms with van der Waals surface area (Å²) in [5, 5.41) is 19.6. The van der Waals surface area contributed by atoms with Gasteiger partial charge in [-0.1, -0.05) is 0 Å². The van der Waals surface area contributed by atoms with Gasteiger partial charge in [0.05, 0.1) is 0 Å². The lowest BCUT2D eigenvalue weighted by atomic mass is 10.1. The minimum atomic E-state index is -1.64. The molecule has 1 amide bonds. The van der Waals surface area contributed by atoms with E-state index >= 15 is 0 Å². The lowest BCUT2D eigenvalue weighted by Crippen LogP contribution is -2.44. The number of amides is 1. The van der Waals surface area contributed by atoms with Gasteiger partial charge in [0.25, 0.3) is 0 Å². The third-order valence-electron chi connectivity index (χ3n) is 4.29. The number of carbonyl (C=O) groups excluding carboxylic acids is 1. The van der Waals surface area contributed by atoms with Crippen LogP contribution < -0.4 is 11.1 Å². The zero-order chi connectivity index (χ0) is 28.7. The SMILES string of the molecule is CC(C)(C)OC(=O)NC(Cc1cc(F)c(F)c(F)c1)C(=O)O.NC(Cc1cc(F)c(F)c(F)c1)C(=O)O. The van der Waals surface area contributed by atoms with Gasteiger partial charge in [-0.2, -0.15) is 0 Å². The maximum atomic E-state index is 13.1. The summed E-state index contributed by atoms with van der Waals surface area (Å²) in [6.45, 7) is 4.77. The number of halogens is 6. The topological polar surface area (TPSA) is 139 Å². The van der Waals surface area contributed by atoms with Gasteiger partial charge in [0, 0.05) is 6.42 Å². The molecule has 37 heavy (non-hydrogen) atoms. The smallest absolute Gasteiger partial charge is 0.408 e. The van der Waals surface area contributed by atoms with Gasteiger partial charge >= 0.3 is 18.0 Å². The summed E-state index contributed by atoms with van der Waals surface area (Å²) in [4.78, 5) is 33.0. The molecule has 14 heteroatoms. The first-order chi connectivity index (χ1) is 16.9. The number of hydrogen-bond donors (Lipinski definition) is 4. The van der Waals surface area contributed by atoms with Gasteiger partial charge in [-0.3, -0.25) is 4.79 Å². The number of carboxylic acids is 2. The van der Waals surface area contributed by atoms with Crippen LogP contribution in [0.4, 0.5) is 31.1 Å². The standard InChI is InChI=1S/C14H16F3NO4.C9H8F3NO2/c1-14(2,3)22-13(21)18-10(12(19)20)6-7-4-8(15)11(17)9(16)5-7;10-5-1-4(2-6(11)8(5)12)3-7(13)9(14)15/h4-5,10H,6H2,1-3H3,(H,18,21)(H,19,20);1-2,7H,3,13H2,(H,14,15). The summed E-state index contributed by atoms with van der Waals surface area (Å²) in [7, 11) is 0. The zero-order valence-electron chi connectivity index (χ0n) is 19.8. The highest BCUT2D eigenvalue weighted by atomic mass is 19.2. The molecule has 2 atom stereocenters. The van der Waals surface area contributed by atoms with Crippen LogP contribution >= 0.6 is 0 Å². The largest absolute Gasteiger partial charge is 0.480 e. The normalized spacial score (nSPS) is 12.6. The van der Waals surface area contributed by atoms with Crippen LogP contribution in [-0.2, 0) is 27.2 Å². The molecule has 0 spiro atoms. The van der Waals surface area contributed by atoms with Gasteiger partial charge in [0.2, 0.25) is 0 Å². The number of hydrogen-bond acceptors (Lipinski definition) is 5. The maximum Gasteiger partial charge on any atom is 0.408 e. The van der Waals surface area contributed by atoms with E-state index in [9.17, 15) is 40.7 Å². The second-order valence-corrected chi connectivity index (χ2v) is 8.64. The molecule has 0 heterocycles. The Bertz CT molecular complexity index is 1110. The Morgan fingerprint density at radius 3 is 1.51 bits per heavy atom. The van der Waals surface area contributed by atoms with E-state index < -0.39 is 77.0 Å². The predicted octanol–water partition coefficient (Wildman–Crippen LogP) is 3.68. The van der Waals surface area contributed by atoms with E-state index in [0.29, 0.717) is 12.1 Å². The second-order valence-electron chi connectivity index (χ2n) is 8.64. The Kier molecular flexibility index (Phi) is 10.9. The average Bonchev–Trinajstić information content (AvgIpc) is 2.74. The summed E-state index contributed by atoms with van der Waals surface area (Å²) >= 11 is 0. The van der Waals surface area contributed by atoms with Gasteiger partial charge in [-0.15, -0.1) is 0 Å². The predicted molar refractivity (Wildman–Crippen MR) is 116 cm³/mol. The maximum absolute atomic E-state index is 13.1. The fourth-order valence-electron chi connectivity index (χ4n) is 2.68. The number of nitrogens with two attached hydrogens (primary N) is 1. The van der Waals surface area contributed by atoms with Crippen molar-refractivity contribution in [2.75, 3.05) is 0 Å². The minimum absolute atomic E-state index is 0.00120. The van der Waals surface area contributed by atoms with E-state index in [4.69, 9.17) is 20.7 Å². The van der Waals surface area contributed by atoms with Gasteiger partial charge in [0.1, 0.15) is 17.7 Å². The van der Waals surface area contributed by atoms with Gasteiger partial charge in [-0.25, -0.2) is 35.9 Å². The lowest BCUT2D eigenvalue weighted by Gasteiger charge is -2.22. The van der Waals surface area contributed by atoms with Crippen molar-refractivity contribution in [1.29, 1.82) is 0 Å². The molecule has 0 saturated heterocycles. The van der Waals surface area contributed by atoms with Crippen molar-refractivity contribution in [1.82, 2.24) is 5.32 Å². The van der Waals surface area contributed by atoms with Gasteiger partial charge < -0.3 is 26.0 Å². The number of alkyl carbamates (subject to hydrolysis) is 1. The Balaban J connectivity index is 0.000000397. The first kappa shape index (κ1) is 31.2. The van der Waals surface area contributed by atoms with Crippen molar-refractivity contribution in [3.8, 4) is 0 Å². The third-order valence-corrected chi connectivity index (χ3v) is 4.29. The number of rotatable bonds is 7. The van der Waals surface area contributed by atoms with Crippen LogP contribution in [0.1, 0.15) is 31.9 Å². The molecule has 0 bridgehead atoms. The summed E-state index contributed by atoms with van der Waals surface area (Å²) in [6, 6.07) is 0.0481. The van der Waals surface area contributed by atoms with Crippen LogP contribution in [0.15, 0.2) is 24.3 Å². The molecule has 0 saturated carbocycles. The van der Waals surface area contributed by atoms with Crippen LogP contribution in [0.25, 0.3) is 0 Å². The average molecular weight is 538 g/mol. The Morgan fingerprint density at radius 2 is 1.19 bits per heavy atom. The summed E-state index contributed by atoms with van der Waals surface area (Å²) < 4.78 is 81.8. The quantitative estimate of drug-likeness (QED) is 0.312. The van der Waals surface area contributed by atoms with Crippen LogP contribution in [0.2, 0.25) is 0 Å². The van der Waals surface area contributed by atoms with Gasteiger partial charge in [-0.05, 0) is 62.6 Å². The van der Waals surface area contributed by atoms with E-state index in [2.05, 4.69) is 5.32 Å². The van der Waals surface area contributed by atoms with E-state index in [1.807, 2.05) is 0 Å². The molecule has 0 aliphatic rings. The first-order valence-corrected chi connectivity index (χ1v) is 10.4. The fourth-order valence-corrected chi connectivity index (χ4v) is 2.68. The van der Waals surface area contributed by atoms with Crippen molar-refractivity contribution in [2.24, 2.45) is 5.73 Å². The lowest BCUT2D eigenvalue weighted by molar-refractivity contribution is -0.140. The van der Waals surface area contributed by atoms with Crippen molar-refractivity contribution < 1.29 is 55.7 Å². The Morgan fingerprint density at radius 1 is 0.811 bits per heavy atom. The number of aliphatic carboxylic acids is 2. The molecular weight excluding hydrogens is 514 g/mol. The molecule has 0 aliphatic heterocycles. The zero-order valence-corrected chi connectivity index (χ0v) is 19.8. The molecule has 2 aromatic rings. The van der Waals surface area contributed by atoms with Crippen LogP contribution in [0.5, 0.6) is 0 Å². The molecule has 8 nitrogen and oxygen atoms in total. The van der Waals surface area contributed by atoms with Crippen LogP contribution in [-0.4, -0.2) is 45.9 Å². The van der Waals surface area contributed by atoms with E-state index in [0.717, 1.165) is 12.1 Å². The monoisotopic (exact) mass is 538 g/mol. The highest BCUT2D eigenvalue weighted by Gasteiger charge is 2.25. The molecule has 0 radical (unpaired) electrons. The molecule has 0 fully saturated rings. The highest BCUT2D eigenvalue weighted by Crippen LogP contribution is 2.16. The summed E-state index contributed by atoms with van der Waals surface area (Å²) in [5.74, 6) is -11.5. The Labute approximate surface area is 207 Å². The van der Waals surface area contributed by atoms with E-state index in [-0.39, 0.29) is 17.5 Å². The van der Waals surface area contributed by atoms with E-state index in [1.165, 1.54) is 0 Å². The first-order valence-electron chi connectivity index (χ1n) is 10.4. The van der Waals surface area contributed by atoms with Crippen LogP contribution in [0, 0.1) is 34.9 Å². The Hall–Kier alpha value is -3.81. The molecular formula is C23H24F6N2O6. The summed E-state index contributed by atoms with van der Waals surface area (Å²) in [5.41, 5.74) is 4.21. The molecule has 204 valence electrons. The molecule has 0 aliphatic carbocycles. The van der Waals surface area contributed by atoms with Gasteiger partial charge in [0.15, 0.2) is 34.9 Å². The second kappa shape index (κ2) is 12.9. The molecule has 2 unspecified atom stereocenters. The fraction of sp³-hybridized carbons (Fsp3) is 0.348. The summed E-state index contributed by atoms with van der Waals surface area (Å²) in [6.07, 6.45) is -1.67. The van der Waals surface area contributed by atoms with Crippen molar-refractivity contribution in [3.05, 3.63) is 70.3 Å². The van der Waals surface area contributed by atoms with E-state index in [1.54, 1.807) is 20.8 Å². The number of ether oxygens (including phenoxy) is 1. The number of carboxylic acid groups (broad SMARTS) is 2. The van der Waals surface area contributed by atoms with Crippen LogP contribution in [0.3, 0.4) is 0 Å². The highest BCUT2D eigenvalue weighted by molar-refractivity contribution is 5.80. The molecule has 5 N–H and O–H groups in total. The molecule has 0 aromatic heterocycles.